The molecule has 2 aromatic carbocycles. The van der Waals surface area contributed by atoms with E-state index in [2.05, 4.69) is 5.32 Å². The van der Waals surface area contributed by atoms with Crippen molar-refractivity contribution in [2.24, 2.45) is 0 Å². The lowest BCUT2D eigenvalue weighted by Crippen LogP contribution is -2.23. The maximum absolute atomic E-state index is 13.7. The average molecular weight is 373 g/mol. The van der Waals surface area contributed by atoms with Gasteiger partial charge in [-0.2, -0.15) is 0 Å². The zero-order valence-corrected chi connectivity index (χ0v) is 15.8. The molecule has 0 aliphatic heterocycles. The van der Waals surface area contributed by atoms with Gasteiger partial charge in [-0.05, 0) is 41.7 Å². The van der Waals surface area contributed by atoms with Crippen LogP contribution in [-0.2, 0) is 33.6 Å². The molecule has 1 N–H and O–H groups in total. The molecular formula is C21H24FNO4. The quantitative estimate of drug-likeness (QED) is 0.717. The molecule has 27 heavy (non-hydrogen) atoms. The van der Waals surface area contributed by atoms with E-state index in [4.69, 9.17) is 9.47 Å². The van der Waals surface area contributed by atoms with Gasteiger partial charge in [0.05, 0.1) is 13.5 Å². The molecule has 0 saturated carbocycles. The van der Waals surface area contributed by atoms with Crippen molar-refractivity contribution in [3.8, 4) is 5.75 Å². The number of para-hydroxylation sites is 1. The van der Waals surface area contributed by atoms with Gasteiger partial charge in [-0.15, -0.1) is 0 Å². The number of aryl methyl sites for hydroxylation is 2. The Labute approximate surface area is 158 Å². The lowest BCUT2D eigenvalue weighted by atomic mass is 10.0. The van der Waals surface area contributed by atoms with E-state index >= 15 is 0 Å². The van der Waals surface area contributed by atoms with Gasteiger partial charge in [0, 0.05) is 5.69 Å². The van der Waals surface area contributed by atoms with Gasteiger partial charge < -0.3 is 14.8 Å². The number of carbonyl (C=O) groups is 2. The minimum absolute atomic E-state index is 0.104. The van der Waals surface area contributed by atoms with Crippen LogP contribution in [0.25, 0.3) is 0 Å². The van der Waals surface area contributed by atoms with E-state index in [-0.39, 0.29) is 12.2 Å². The first-order valence-corrected chi connectivity index (χ1v) is 8.87. The molecule has 0 aliphatic carbocycles. The lowest BCUT2D eigenvalue weighted by molar-refractivity contribution is -0.146. The first-order chi connectivity index (χ1) is 13.0. The molecule has 2 aromatic rings. The molecule has 0 atom stereocenters. The SMILES string of the molecule is CCc1cccc(CC)c1NC(=O)COC(=O)Cc1ccc(OC)c(F)c1. The molecule has 0 heterocycles. The van der Waals surface area contributed by atoms with Gasteiger partial charge in [-0.1, -0.05) is 38.1 Å². The third-order valence-electron chi connectivity index (χ3n) is 4.19. The maximum atomic E-state index is 13.7. The molecule has 1 amide bonds. The van der Waals surface area contributed by atoms with Crippen LogP contribution in [0.1, 0.15) is 30.5 Å². The van der Waals surface area contributed by atoms with Crippen LogP contribution in [0.4, 0.5) is 10.1 Å². The van der Waals surface area contributed by atoms with E-state index in [1.54, 1.807) is 6.07 Å². The number of nitrogens with one attached hydrogen (secondary N) is 1. The zero-order chi connectivity index (χ0) is 19.8. The van der Waals surface area contributed by atoms with Crippen LogP contribution in [0.2, 0.25) is 0 Å². The first kappa shape index (κ1) is 20.4. The Bertz CT molecular complexity index is 798. The van der Waals surface area contributed by atoms with Crippen LogP contribution >= 0.6 is 0 Å². The second kappa shape index (κ2) is 9.71. The van der Waals surface area contributed by atoms with Gasteiger partial charge in [0.25, 0.3) is 5.91 Å². The van der Waals surface area contributed by atoms with Gasteiger partial charge >= 0.3 is 5.97 Å². The largest absolute Gasteiger partial charge is 0.494 e. The van der Waals surface area contributed by atoms with Crippen LogP contribution in [-0.4, -0.2) is 25.6 Å². The molecule has 0 fully saturated rings. The summed E-state index contributed by atoms with van der Waals surface area (Å²) in [5, 5.41) is 2.83. The number of esters is 1. The van der Waals surface area contributed by atoms with Crippen molar-refractivity contribution in [2.75, 3.05) is 19.0 Å². The lowest BCUT2D eigenvalue weighted by Gasteiger charge is -2.14. The number of amides is 1. The van der Waals surface area contributed by atoms with Crippen LogP contribution in [0.15, 0.2) is 36.4 Å². The first-order valence-electron chi connectivity index (χ1n) is 8.87. The van der Waals surface area contributed by atoms with Gasteiger partial charge in [0.1, 0.15) is 0 Å². The fourth-order valence-electron chi connectivity index (χ4n) is 2.76. The fourth-order valence-corrected chi connectivity index (χ4v) is 2.76. The van der Waals surface area contributed by atoms with Crippen molar-refractivity contribution in [1.82, 2.24) is 0 Å². The minimum Gasteiger partial charge on any atom is -0.494 e. The number of carbonyl (C=O) groups excluding carboxylic acids is 2. The summed E-state index contributed by atoms with van der Waals surface area (Å²) in [5.74, 6) is -1.45. The number of anilines is 1. The second-order valence-electron chi connectivity index (χ2n) is 6.01. The summed E-state index contributed by atoms with van der Waals surface area (Å²) in [5.41, 5.74) is 3.29. The monoisotopic (exact) mass is 373 g/mol. The normalized spacial score (nSPS) is 10.4. The van der Waals surface area contributed by atoms with Crippen molar-refractivity contribution in [3.05, 3.63) is 58.9 Å². The van der Waals surface area contributed by atoms with E-state index in [0.717, 1.165) is 29.7 Å². The molecule has 5 nitrogen and oxygen atoms in total. The zero-order valence-electron chi connectivity index (χ0n) is 15.8. The summed E-state index contributed by atoms with van der Waals surface area (Å²) in [6.45, 7) is 3.63. The van der Waals surface area contributed by atoms with E-state index in [9.17, 15) is 14.0 Å². The summed E-state index contributed by atoms with van der Waals surface area (Å²) in [6.07, 6.45) is 1.44. The highest BCUT2D eigenvalue weighted by molar-refractivity contribution is 5.94. The highest BCUT2D eigenvalue weighted by Crippen LogP contribution is 2.22. The molecule has 144 valence electrons. The second-order valence-corrected chi connectivity index (χ2v) is 6.01. The maximum Gasteiger partial charge on any atom is 0.310 e. The molecule has 0 radical (unpaired) electrons. The number of ether oxygens (including phenoxy) is 2. The standard InChI is InChI=1S/C21H24FNO4/c1-4-15-7-6-8-16(5-2)21(15)23-19(24)13-27-20(25)12-14-9-10-18(26-3)17(22)11-14/h6-11H,4-5,12-13H2,1-3H3,(H,23,24). The molecule has 0 aliphatic rings. The summed E-state index contributed by atoms with van der Waals surface area (Å²) >= 11 is 0. The van der Waals surface area contributed by atoms with E-state index in [1.165, 1.54) is 19.2 Å². The Balaban J connectivity index is 1.92. The average Bonchev–Trinajstić information content (AvgIpc) is 2.66. The van der Waals surface area contributed by atoms with Crippen molar-refractivity contribution in [1.29, 1.82) is 0 Å². The van der Waals surface area contributed by atoms with E-state index in [0.29, 0.717) is 5.56 Å². The Morgan fingerprint density at radius 2 is 1.74 bits per heavy atom. The van der Waals surface area contributed by atoms with Gasteiger partial charge in [-0.3, -0.25) is 9.59 Å². The Morgan fingerprint density at radius 3 is 2.30 bits per heavy atom. The Kier molecular flexibility index (Phi) is 7.34. The van der Waals surface area contributed by atoms with Crippen LogP contribution in [0.3, 0.4) is 0 Å². The number of hydrogen-bond acceptors (Lipinski definition) is 4. The summed E-state index contributed by atoms with van der Waals surface area (Å²) in [4.78, 5) is 24.1. The predicted molar refractivity (Wildman–Crippen MR) is 101 cm³/mol. The summed E-state index contributed by atoms with van der Waals surface area (Å²) in [7, 11) is 1.37. The number of rotatable bonds is 8. The summed E-state index contributed by atoms with van der Waals surface area (Å²) in [6, 6.07) is 10.1. The molecule has 6 heteroatoms. The smallest absolute Gasteiger partial charge is 0.310 e. The van der Waals surface area contributed by atoms with Crippen LogP contribution in [0.5, 0.6) is 5.75 Å². The van der Waals surface area contributed by atoms with Crippen LogP contribution in [0, 0.1) is 5.82 Å². The predicted octanol–water partition coefficient (Wildman–Crippen LogP) is 3.68. The Morgan fingerprint density at radius 1 is 1.07 bits per heavy atom. The number of halogens is 1. The van der Waals surface area contributed by atoms with Gasteiger partial charge in [-0.25, -0.2) is 4.39 Å². The fraction of sp³-hybridized carbons (Fsp3) is 0.333. The molecule has 0 spiro atoms. The molecule has 0 bridgehead atoms. The molecule has 0 saturated heterocycles. The Hall–Kier alpha value is -2.89. The molecule has 2 rings (SSSR count). The van der Waals surface area contributed by atoms with E-state index < -0.39 is 24.3 Å². The van der Waals surface area contributed by atoms with Crippen molar-refractivity contribution in [3.63, 3.8) is 0 Å². The third kappa shape index (κ3) is 5.54. The van der Waals surface area contributed by atoms with Crippen molar-refractivity contribution in [2.45, 2.75) is 33.1 Å². The van der Waals surface area contributed by atoms with Crippen molar-refractivity contribution < 1.29 is 23.5 Å². The highest BCUT2D eigenvalue weighted by Gasteiger charge is 2.13. The van der Waals surface area contributed by atoms with Gasteiger partial charge in [0.2, 0.25) is 0 Å². The third-order valence-corrected chi connectivity index (χ3v) is 4.19. The number of hydrogen-bond donors (Lipinski definition) is 1. The number of methoxy groups -OCH3 is 1. The minimum atomic E-state index is -0.603. The van der Waals surface area contributed by atoms with Crippen molar-refractivity contribution >= 4 is 17.6 Å². The molecule has 0 unspecified atom stereocenters. The number of benzene rings is 2. The van der Waals surface area contributed by atoms with Gasteiger partial charge in [0.15, 0.2) is 18.2 Å². The molecule has 0 aromatic heterocycles. The van der Waals surface area contributed by atoms with Crippen LogP contribution < -0.4 is 10.1 Å². The summed E-state index contributed by atoms with van der Waals surface area (Å²) < 4.78 is 23.5. The van der Waals surface area contributed by atoms with E-state index in [1.807, 2.05) is 32.0 Å². The topological polar surface area (TPSA) is 64.6 Å². The molecular weight excluding hydrogens is 349 g/mol. The highest BCUT2D eigenvalue weighted by atomic mass is 19.1.